The molecule has 2 amide bonds. The predicted octanol–water partition coefficient (Wildman–Crippen LogP) is 8.39. The van der Waals surface area contributed by atoms with E-state index in [-0.39, 0.29) is 51.8 Å². The molecule has 0 N–H and O–H groups in total. The van der Waals surface area contributed by atoms with Crippen molar-refractivity contribution in [2.24, 2.45) is 4.99 Å². The molecule has 0 radical (unpaired) electrons. The number of esters is 1. The Morgan fingerprint density at radius 2 is 1.69 bits per heavy atom. The fraction of sp³-hybridized carbons (Fsp3) is 0.425. The van der Waals surface area contributed by atoms with Crippen LogP contribution in [0.25, 0.3) is 0 Å². The molecule has 19 heteroatoms. The minimum Gasteiger partial charge on any atom is -0.489 e. The highest BCUT2D eigenvalue weighted by Crippen LogP contribution is 2.35. The number of carbonyl (C=O) groups is 3. The molecule has 3 heterocycles. The lowest BCUT2D eigenvalue weighted by molar-refractivity contribution is -0.137. The summed E-state index contributed by atoms with van der Waals surface area (Å²) in [7, 11) is 2.87. The summed E-state index contributed by atoms with van der Waals surface area (Å²) in [5.74, 6) is -0.721. The van der Waals surface area contributed by atoms with Gasteiger partial charge in [0.15, 0.2) is 4.84 Å². The molecule has 1 unspecified atom stereocenters. The summed E-state index contributed by atoms with van der Waals surface area (Å²) in [4.78, 5) is 54.5. The third-order valence-corrected chi connectivity index (χ3v) is 12.0. The summed E-state index contributed by atoms with van der Waals surface area (Å²) in [6.07, 6.45) is 3.64. The molecule has 0 bridgehead atoms. The Kier molecular flexibility index (Phi) is 19.1. The van der Waals surface area contributed by atoms with E-state index in [0.29, 0.717) is 35.1 Å². The highest BCUT2D eigenvalue weighted by molar-refractivity contribution is 8.00. The Morgan fingerprint density at radius 1 is 1.03 bits per heavy atom. The molecule has 2 aliphatic heterocycles. The molecule has 6 rings (SSSR count). The van der Waals surface area contributed by atoms with Gasteiger partial charge in [0.1, 0.15) is 36.5 Å². The summed E-state index contributed by atoms with van der Waals surface area (Å²) in [6.45, 7) is 8.05. The first-order chi connectivity index (χ1) is 28.3. The molecule has 2 aliphatic rings. The minimum absolute atomic E-state index is 0.0371. The van der Waals surface area contributed by atoms with Gasteiger partial charge in [-0.15, -0.1) is 23.4 Å². The zero-order valence-electron chi connectivity index (χ0n) is 33.2. The lowest BCUT2D eigenvalue weighted by Crippen LogP contribution is -2.47. The highest BCUT2D eigenvalue weighted by atomic mass is 35.5. The zero-order valence-corrected chi connectivity index (χ0v) is 37.9. The highest BCUT2D eigenvalue weighted by Gasteiger charge is 2.32. The first-order valence-corrected chi connectivity index (χ1v) is 22.2. The fourth-order valence-electron chi connectivity index (χ4n) is 6.20. The second kappa shape index (κ2) is 23.4. The summed E-state index contributed by atoms with van der Waals surface area (Å²) in [5.41, 5.74) is 4.04. The third-order valence-electron chi connectivity index (χ3n) is 9.06. The van der Waals surface area contributed by atoms with Crippen LogP contribution in [-0.2, 0) is 49.8 Å². The molecule has 1 aromatic heterocycles. The van der Waals surface area contributed by atoms with E-state index < -0.39 is 16.6 Å². The number of thioether (sulfide) groups is 1. The molecule has 0 aliphatic carbocycles. The predicted molar refractivity (Wildman–Crippen MR) is 235 cm³/mol. The van der Waals surface area contributed by atoms with E-state index in [2.05, 4.69) is 23.6 Å². The smallest absolute Gasteiger partial charge is 0.325 e. The Labute approximate surface area is 370 Å². The number of para-hydroxylation sites is 3. The molecule has 1 atom stereocenters. The van der Waals surface area contributed by atoms with E-state index in [1.807, 2.05) is 49.4 Å². The fourth-order valence-corrected chi connectivity index (χ4v) is 8.54. The van der Waals surface area contributed by atoms with E-state index in [1.165, 1.54) is 13.2 Å². The molecule has 320 valence electrons. The van der Waals surface area contributed by atoms with E-state index >= 15 is 0 Å². The first-order valence-electron chi connectivity index (χ1n) is 18.6. The molecule has 0 spiro atoms. The Morgan fingerprint density at radius 3 is 2.31 bits per heavy atom. The van der Waals surface area contributed by atoms with E-state index in [1.54, 1.807) is 26.3 Å². The summed E-state index contributed by atoms with van der Waals surface area (Å²) < 4.78 is 32.9. The first kappa shape index (κ1) is 48.1. The summed E-state index contributed by atoms with van der Waals surface area (Å²) in [6, 6.07) is 16.0. The van der Waals surface area contributed by atoms with Gasteiger partial charge in [0.25, 0.3) is 5.91 Å². The van der Waals surface area contributed by atoms with Crippen molar-refractivity contribution in [3.05, 3.63) is 91.0 Å². The van der Waals surface area contributed by atoms with Crippen molar-refractivity contribution in [2.75, 3.05) is 49.0 Å². The van der Waals surface area contributed by atoms with Crippen LogP contribution in [-0.4, -0.2) is 77.2 Å². The van der Waals surface area contributed by atoms with E-state index in [4.69, 9.17) is 55.9 Å². The quantitative estimate of drug-likeness (QED) is 0.0636. The van der Waals surface area contributed by atoms with E-state index in [9.17, 15) is 23.6 Å². The molecule has 4 aromatic rings. The second-order valence-corrected chi connectivity index (χ2v) is 16.7. The average molecular weight is 934 g/mol. The van der Waals surface area contributed by atoms with Gasteiger partial charge in [0.2, 0.25) is 10.7 Å². The number of nitrogens with zero attached hydrogens (tertiary/aromatic N) is 5. The SMILES string of the molecule is CC1COc2ccccc2N1C(=O)C(Cl)Cl.CCc1cccc(CC)c1N(COC)C(=O)CCl.COC(=O)CSc1cc(/N=c2\sc(=O)n3n2CCCC3)c(F)cc1Cl. The van der Waals surface area contributed by atoms with Crippen LogP contribution >= 0.6 is 69.5 Å². The van der Waals surface area contributed by atoms with Crippen molar-refractivity contribution in [2.45, 2.75) is 75.3 Å². The van der Waals surface area contributed by atoms with Crippen LogP contribution in [0.3, 0.4) is 0 Å². The number of alkyl halides is 3. The molecule has 12 nitrogen and oxygen atoms in total. The molecule has 59 heavy (non-hydrogen) atoms. The van der Waals surface area contributed by atoms with Gasteiger partial charge in [-0.1, -0.05) is 79.0 Å². The number of benzene rings is 3. The van der Waals surface area contributed by atoms with Crippen LogP contribution in [0.1, 0.15) is 44.7 Å². The van der Waals surface area contributed by atoms with Crippen LogP contribution in [0.4, 0.5) is 21.5 Å². The number of methoxy groups -OCH3 is 2. The number of hydrogen-bond donors (Lipinski definition) is 0. The Balaban J connectivity index is 0.000000202. The number of halogens is 5. The zero-order chi connectivity index (χ0) is 43.2. The monoisotopic (exact) mass is 931 g/mol. The maximum atomic E-state index is 14.3. The third kappa shape index (κ3) is 12.5. The topological polar surface area (TPSA) is 125 Å². The minimum atomic E-state index is -1.05. The van der Waals surface area contributed by atoms with Gasteiger partial charge in [-0.2, -0.15) is 0 Å². The van der Waals surface area contributed by atoms with Gasteiger partial charge < -0.3 is 19.1 Å². The number of aromatic nitrogens is 2. The number of aryl methyl sites for hydroxylation is 2. The number of fused-ring (bicyclic) bond motifs is 2. The summed E-state index contributed by atoms with van der Waals surface area (Å²) in [5, 5.41) is 0.199. The second-order valence-electron chi connectivity index (χ2n) is 13.0. The van der Waals surface area contributed by atoms with Crippen molar-refractivity contribution in [1.82, 2.24) is 9.36 Å². The van der Waals surface area contributed by atoms with Crippen molar-refractivity contribution < 1.29 is 33.0 Å². The number of ether oxygens (including phenoxy) is 3. The number of anilines is 2. The van der Waals surface area contributed by atoms with Gasteiger partial charge in [0, 0.05) is 25.1 Å². The summed E-state index contributed by atoms with van der Waals surface area (Å²) >= 11 is 25.1. The van der Waals surface area contributed by atoms with Gasteiger partial charge >= 0.3 is 10.8 Å². The standard InChI is InChI=1S/C15H15ClFN3O3S2.C14H20ClNO2.C11H11Cl2NO2/c1-23-13(21)8-24-12-7-11(10(17)6-9(12)16)18-14-19-4-2-3-5-20(19)15(22)25-14;1-4-11-7-6-8-12(5-2)14(11)16(10-18-3)13(17)9-15;1-7-6-16-9-5-3-2-4-8(9)14(7)11(15)10(12)13/h6-7H,2-5,8H2,1H3;6-8H,4-5,9-10H2,1-3H3;2-5,7,10H,6H2,1H3/b18-14-;;. The number of amides is 2. The number of carbonyl (C=O) groups excluding carboxylic acids is 3. The van der Waals surface area contributed by atoms with Gasteiger partial charge in [-0.25, -0.2) is 14.1 Å². The van der Waals surface area contributed by atoms with E-state index in [0.717, 1.165) is 77.3 Å². The maximum Gasteiger partial charge on any atom is 0.325 e. The maximum absolute atomic E-state index is 14.3. The molecular weight excluding hydrogens is 887 g/mol. The van der Waals surface area contributed by atoms with Crippen molar-refractivity contribution >= 4 is 104 Å². The molecule has 3 aromatic carbocycles. The van der Waals surface area contributed by atoms with Crippen molar-refractivity contribution in [3.8, 4) is 5.75 Å². The number of hydrogen-bond acceptors (Lipinski definition) is 10. The average Bonchev–Trinajstić information content (AvgIpc) is 3.56. The number of rotatable bonds is 11. The Bertz CT molecular complexity index is 2200. The van der Waals surface area contributed by atoms with Crippen molar-refractivity contribution in [3.63, 3.8) is 0 Å². The van der Waals surface area contributed by atoms with Crippen LogP contribution in [0.5, 0.6) is 5.75 Å². The van der Waals surface area contributed by atoms with Crippen LogP contribution in [0.2, 0.25) is 5.02 Å². The lowest BCUT2D eigenvalue weighted by Gasteiger charge is -2.35. The van der Waals surface area contributed by atoms with Gasteiger partial charge in [-0.3, -0.25) is 28.8 Å². The van der Waals surface area contributed by atoms with Crippen molar-refractivity contribution in [1.29, 1.82) is 0 Å². The normalized spacial score (nSPS) is 14.5. The van der Waals surface area contributed by atoms with Crippen LogP contribution in [0, 0.1) is 5.82 Å². The van der Waals surface area contributed by atoms with Crippen LogP contribution in [0.15, 0.2) is 69.3 Å². The molecule has 0 fully saturated rings. The Hall–Kier alpha value is -3.57. The van der Waals surface area contributed by atoms with Crippen LogP contribution < -0.4 is 24.2 Å². The lowest BCUT2D eigenvalue weighted by atomic mass is 10.0. The molecule has 0 saturated heterocycles. The molecular formula is C40H46Cl4FN5O7S2. The van der Waals surface area contributed by atoms with Gasteiger partial charge in [-0.05, 0) is 79.3 Å². The molecule has 0 saturated carbocycles. The van der Waals surface area contributed by atoms with Gasteiger partial charge in [0.05, 0.1) is 35.3 Å². The largest absolute Gasteiger partial charge is 0.489 e.